The van der Waals surface area contributed by atoms with Crippen LogP contribution in [0.1, 0.15) is 11.1 Å². The molecule has 0 fully saturated rings. The van der Waals surface area contributed by atoms with E-state index in [4.69, 9.17) is 11.6 Å². The molecule has 0 aliphatic heterocycles. The van der Waals surface area contributed by atoms with Crippen LogP contribution in [0.5, 0.6) is 0 Å². The van der Waals surface area contributed by atoms with Gasteiger partial charge in [0.25, 0.3) is 0 Å². The smallest absolute Gasteiger partial charge is 0.0526 e. The molecule has 0 N–H and O–H groups in total. The molecule has 1 aromatic heterocycles. The number of halogens is 1. The Kier molecular flexibility index (Phi) is 4.67. The Bertz CT molecular complexity index is 552. The van der Waals surface area contributed by atoms with Crippen LogP contribution in [0.25, 0.3) is 6.08 Å². The third kappa shape index (κ3) is 4.09. The molecule has 4 heteroatoms. The standard InChI is InChI=1S/C14H12ClNOS/c15-14-3-1-13(2-4-14)11-18(17)10-7-12-5-8-16-9-6-12/h1-10H,11H2. The van der Waals surface area contributed by atoms with Gasteiger partial charge in [-0.3, -0.25) is 9.19 Å². The molecular formula is C14H12ClNOS. The molecule has 0 bridgehead atoms. The lowest BCUT2D eigenvalue weighted by molar-refractivity contribution is 0.688. The summed E-state index contributed by atoms with van der Waals surface area (Å²) in [6.45, 7) is 0. The van der Waals surface area contributed by atoms with Gasteiger partial charge in [-0.15, -0.1) is 0 Å². The highest BCUT2D eigenvalue weighted by Gasteiger charge is 1.98. The third-order valence-electron chi connectivity index (χ3n) is 2.34. The minimum Gasteiger partial charge on any atom is -0.265 e. The lowest BCUT2D eigenvalue weighted by Crippen LogP contribution is -1.90. The number of aromatic nitrogens is 1. The molecule has 0 saturated carbocycles. The predicted molar refractivity (Wildman–Crippen MR) is 76.6 cm³/mol. The largest absolute Gasteiger partial charge is 0.265 e. The summed E-state index contributed by atoms with van der Waals surface area (Å²) in [5.41, 5.74) is 2.01. The van der Waals surface area contributed by atoms with Crippen molar-refractivity contribution in [3.05, 3.63) is 70.3 Å². The number of hydrogen-bond acceptors (Lipinski definition) is 2. The molecule has 92 valence electrons. The fraction of sp³-hybridized carbons (Fsp3) is 0.0714. The van der Waals surface area contributed by atoms with Crippen LogP contribution < -0.4 is 0 Å². The van der Waals surface area contributed by atoms with Gasteiger partial charge in [0.1, 0.15) is 0 Å². The average molecular weight is 278 g/mol. The van der Waals surface area contributed by atoms with Crippen molar-refractivity contribution in [3.63, 3.8) is 0 Å². The van der Waals surface area contributed by atoms with Gasteiger partial charge in [0.15, 0.2) is 0 Å². The summed E-state index contributed by atoms with van der Waals surface area (Å²) in [4.78, 5) is 3.93. The van der Waals surface area contributed by atoms with Crippen molar-refractivity contribution in [1.29, 1.82) is 0 Å². The zero-order valence-corrected chi connectivity index (χ0v) is 11.2. The maximum absolute atomic E-state index is 11.8. The second kappa shape index (κ2) is 6.47. The fourth-order valence-electron chi connectivity index (χ4n) is 1.42. The molecule has 1 heterocycles. The fourth-order valence-corrected chi connectivity index (χ4v) is 2.47. The van der Waals surface area contributed by atoms with Gasteiger partial charge >= 0.3 is 0 Å². The highest BCUT2D eigenvalue weighted by molar-refractivity contribution is 7.87. The Morgan fingerprint density at radius 1 is 1.11 bits per heavy atom. The maximum Gasteiger partial charge on any atom is 0.0526 e. The lowest BCUT2D eigenvalue weighted by Gasteiger charge is -1.98. The van der Waals surface area contributed by atoms with Gasteiger partial charge in [-0.1, -0.05) is 23.7 Å². The number of nitrogens with zero attached hydrogens (tertiary/aromatic N) is 1. The first-order valence-corrected chi connectivity index (χ1v) is 7.20. The van der Waals surface area contributed by atoms with Crippen LogP contribution in [-0.4, -0.2) is 9.19 Å². The number of benzene rings is 1. The van der Waals surface area contributed by atoms with Gasteiger partial charge in [0, 0.05) is 22.8 Å². The van der Waals surface area contributed by atoms with Gasteiger partial charge in [-0.05, 0) is 41.5 Å². The first-order valence-electron chi connectivity index (χ1n) is 5.44. The van der Waals surface area contributed by atoms with Crippen LogP contribution in [0.3, 0.4) is 0 Å². The molecule has 0 aliphatic rings. The van der Waals surface area contributed by atoms with E-state index in [-0.39, 0.29) is 0 Å². The third-order valence-corrected chi connectivity index (χ3v) is 3.65. The van der Waals surface area contributed by atoms with Crippen molar-refractivity contribution >= 4 is 28.5 Å². The van der Waals surface area contributed by atoms with E-state index in [0.717, 1.165) is 11.1 Å². The molecule has 1 aromatic carbocycles. The van der Waals surface area contributed by atoms with Crippen molar-refractivity contribution in [3.8, 4) is 0 Å². The zero-order chi connectivity index (χ0) is 12.8. The quantitative estimate of drug-likeness (QED) is 0.854. The number of pyridine rings is 1. The van der Waals surface area contributed by atoms with Crippen LogP contribution >= 0.6 is 11.6 Å². The molecule has 0 amide bonds. The van der Waals surface area contributed by atoms with Crippen molar-refractivity contribution in [2.45, 2.75) is 5.75 Å². The molecule has 0 aliphatic carbocycles. The summed E-state index contributed by atoms with van der Waals surface area (Å²) >= 11 is 5.79. The van der Waals surface area contributed by atoms with Crippen LogP contribution in [0.4, 0.5) is 0 Å². The van der Waals surface area contributed by atoms with Gasteiger partial charge in [-0.2, -0.15) is 0 Å². The molecule has 2 nitrogen and oxygen atoms in total. The summed E-state index contributed by atoms with van der Waals surface area (Å²) in [6.07, 6.45) is 5.26. The van der Waals surface area contributed by atoms with E-state index in [1.807, 2.05) is 30.3 Å². The highest BCUT2D eigenvalue weighted by atomic mass is 35.5. The van der Waals surface area contributed by atoms with E-state index in [0.29, 0.717) is 10.8 Å². The summed E-state index contributed by atoms with van der Waals surface area (Å²) in [5.74, 6) is 0.499. The Balaban J connectivity index is 1.97. The molecular weight excluding hydrogens is 266 g/mol. The van der Waals surface area contributed by atoms with Crippen molar-refractivity contribution < 1.29 is 4.21 Å². The number of hydrogen-bond donors (Lipinski definition) is 0. The second-order valence-electron chi connectivity index (χ2n) is 3.73. The lowest BCUT2D eigenvalue weighted by atomic mass is 10.2. The van der Waals surface area contributed by atoms with E-state index < -0.39 is 10.8 Å². The van der Waals surface area contributed by atoms with Crippen molar-refractivity contribution in [2.75, 3.05) is 0 Å². The maximum atomic E-state index is 11.8. The summed E-state index contributed by atoms with van der Waals surface area (Å²) in [7, 11) is -1.02. The molecule has 2 aromatic rings. The highest BCUT2D eigenvalue weighted by Crippen LogP contribution is 2.12. The topological polar surface area (TPSA) is 30.0 Å². The van der Waals surface area contributed by atoms with E-state index in [2.05, 4.69) is 4.98 Å². The summed E-state index contributed by atoms with van der Waals surface area (Å²) in [5, 5.41) is 2.39. The van der Waals surface area contributed by atoms with E-state index in [1.165, 1.54) is 0 Å². The molecule has 0 saturated heterocycles. The van der Waals surface area contributed by atoms with Gasteiger partial charge in [0.05, 0.1) is 16.6 Å². The molecule has 1 atom stereocenters. The first-order chi connectivity index (χ1) is 8.74. The first kappa shape index (κ1) is 13.0. The van der Waals surface area contributed by atoms with Gasteiger partial charge < -0.3 is 0 Å². The molecule has 1 unspecified atom stereocenters. The summed E-state index contributed by atoms with van der Waals surface area (Å²) < 4.78 is 11.8. The molecule has 0 radical (unpaired) electrons. The molecule has 18 heavy (non-hydrogen) atoms. The van der Waals surface area contributed by atoms with Crippen LogP contribution in [0, 0.1) is 0 Å². The second-order valence-corrected chi connectivity index (χ2v) is 5.49. The zero-order valence-electron chi connectivity index (χ0n) is 9.62. The Hall–Kier alpha value is -1.45. The average Bonchev–Trinajstić information content (AvgIpc) is 2.40. The van der Waals surface area contributed by atoms with E-state index >= 15 is 0 Å². The minimum absolute atomic E-state index is 0.499. The molecule has 0 spiro atoms. The monoisotopic (exact) mass is 277 g/mol. The predicted octanol–water partition coefficient (Wildman–Crippen LogP) is 3.65. The van der Waals surface area contributed by atoms with Gasteiger partial charge in [0.2, 0.25) is 0 Å². The van der Waals surface area contributed by atoms with E-state index in [9.17, 15) is 4.21 Å². The van der Waals surface area contributed by atoms with Crippen molar-refractivity contribution in [1.82, 2.24) is 4.98 Å². The van der Waals surface area contributed by atoms with Crippen LogP contribution in [0.2, 0.25) is 5.02 Å². The Morgan fingerprint density at radius 3 is 2.44 bits per heavy atom. The minimum atomic E-state index is -1.02. The van der Waals surface area contributed by atoms with Crippen LogP contribution in [-0.2, 0) is 16.6 Å². The molecule has 2 rings (SSSR count). The Labute approximate surface area is 114 Å². The van der Waals surface area contributed by atoms with Crippen LogP contribution in [0.15, 0.2) is 54.2 Å². The Morgan fingerprint density at radius 2 is 1.78 bits per heavy atom. The summed E-state index contributed by atoms with van der Waals surface area (Å²) in [6, 6.07) is 11.1. The number of rotatable bonds is 4. The SMILES string of the molecule is O=S(C=Cc1ccncc1)Cc1ccc(Cl)cc1. The normalized spacial score (nSPS) is 12.7. The van der Waals surface area contributed by atoms with Gasteiger partial charge in [-0.25, -0.2) is 0 Å². The van der Waals surface area contributed by atoms with E-state index in [1.54, 1.807) is 29.9 Å². The van der Waals surface area contributed by atoms with Crippen molar-refractivity contribution in [2.24, 2.45) is 0 Å².